The summed E-state index contributed by atoms with van der Waals surface area (Å²) in [5, 5.41) is 4.96. The van der Waals surface area contributed by atoms with Gasteiger partial charge in [0.15, 0.2) is 0 Å². The van der Waals surface area contributed by atoms with Crippen LogP contribution in [0.1, 0.15) is 17.2 Å². The van der Waals surface area contributed by atoms with Gasteiger partial charge in [-0.05, 0) is 30.5 Å². The van der Waals surface area contributed by atoms with Crippen LogP contribution in [-0.4, -0.2) is 22.8 Å². The van der Waals surface area contributed by atoms with Crippen LogP contribution in [0.15, 0.2) is 39.4 Å². The summed E-state index contributed by atoms with van der Waals surface area (Å²) in [5.41, 5.74) is 0.820. The molecule has 0 unspecified atom stereocenters. The van der Waals surface area contributed by atoms with E-state index < -0.39 is 0 Å². The molecule has 0 saturated heterocycles. The van der Waals surface area contributed by atoms with Crippen LogP contribution in [0.2, 0.25) is 0 Å². The molecule has 0 radical (unpaired) electrons. The molecule has 0 saturated carbocycles. The smallest absolute Gasteiger partial charge is 0.228 e. The lowest BCUT2D eigenvalue weighted by molar-refractivity contribution is -0.129. The van der Waals surface area contributed by atoms with Crippen molar-refractivity contribution in [3.63, 3.8) is 0 Å². The van der Waals surface area contributed by atoms with Crippen molar-refractivity contribution in [3.05, 3.63) is 52.2 Å². The van der Waals surface area contributed by atoms with Crippen molar-refractivity contribution >= 4 is 28.6 Å². The summed E-state index contributed by atoms with van der Waals surface area (Å²) < 4.78 is 5.50. The van der Waals surface area contributed by atoms with E-state index in [0.717, 1.165) is 27.1 Å². The van der Waals surface area contributed by atoms with Gasteiger partial charge in [-0.1, -0.05) is 6.07 Å². The summed E-state index contributed by atoms with van der Waals surface area (Å²) in [6.45, 7) is 2.38. The summed E-state index contributed by atoms with van der Waals surface area (Å²) in [4.78, 5) is 19.6. The largest absolute Gasteiger partial charge is 0.464 e. The number of carbonyl (C=O) groups is 1. The third-order valence-corrected chi connectivity index (χ3v) is 5.16. The first kappa shape index (κ1) is 15.0. The highest BCUT2D eigenvalue weighted by atomic mass is 32.1. The number of aryl methyl sites for hydroxylation is 1. The number of thiophene rings is 1. The number of rotatable bonds is 5. The molecule has 0 spiro atoms. The van der Waals surface area contributed by atoms with E-state index in [1.165, 1.54) is 0 Å². The van der Waals surface area contributed by atoms with E-state index in [1.54, 1.807) is 34.6 Å². The van der Waals surface area contributed by atoms with E-state index in [0.29, 0.717) is 13.0 Å². The van der Waals surface area contributed by atoms with Crippen LogP contribution in [0, 0.1) is 6.92 Å². The number of furan rings is 1. The second-order valence-corrected chi connectivity index (χ2v) is 6.87. The normalized spacial score (nSPS) is 10.8. The van der Waals surface area contributed by atoms with Crippen LogP contribution in [0.25, 0.3) is 9.88 Å². The maximum atomic E-state index is 12.3. The molecule has 0 bridgehead atoms. The SMILES string of the molecule is Cc1ccc(CN(C)C(=O)Cc2csc(-c3cccs3)n2)o1. The number of hydrogen-bond acceptors (Lipinski definition) is 5. The van der Waals surface area contributed by atoms with Crippen molar-refractivity contribution in [1.82, 2.24) is 9.88 Å². The fraction of sp³-hybridized carbons (Fsp3) is 0.250. The summed E-state index contributed by atoms with van der Waals surface area (Å²) >= 11 is 3.24. The summed E-state index contributed by atoms with van der Waals surface area (Å²) in [7, 11) is 1.78. The molecular weight excluding hydrogens is 316 g/mol. The van der Waals surface area contributed by atoms with Gasteiger partial charge in [-0.25, -0.2) is 4.98 Å². The van der Waals surface area contributed by atoms with Gasteiger partial charge in [0.25, 0.3) is 0 Å². The standard InChI is InChI=1S/C16H16N2O2S2/c1-11-5-6-13(20-11)9-18(2)15(19)8-12-10-22-16(17-12)14-4-3-7-21-14/h3-7,10H,8-9H2,1-2H3. The quantitative estimate of drug-likeness (QED) is 0.710. The zero-order valence-electron chi connectivity index (χ0n) is 12.4. The van der Waals surface area contributed by atoms with Gasteiger partial charge in [0.1, 0.15) is 16.5 Å². The molecule has 3 aromatic heterocycles. The Bertz CT molecular complexity index is 759. The lowest BCUT2D eigenvalue weighted by Crippen LogP contribution is -2.27. The lowest BCUT2D eigenvalue weighted by Gasteiger charge is -2.14. The van der Waals surface area contributed by atoms with Crippen LogP contribution in [0.3, 0.4) is 0 Å². The van der Waals surface area contributed by atoms with Gasteiger partial charge in [0, 0.05) is 12.4 Å². The van der Waals surface area contributed by atoms with Gasteiger partial charge in [0.2, 0.25) is 5.91 Å². The fourth-order valence-electron chi connectivity index (χ4n) is 2.08. The first-order chi connectivity index (χ1) is 10.6. The molecule has 3 heterocycles. The van der Waals surface area contributed by atoms with E-state index in [4.69, 9.17) is 4.42 Å². The van der Waals surface area contributed by atoms with E-state index >= 15 is 0 Å². The Balaban J connectivity index is 1.61. The number of aromatic nitrogens is 1. The fourth-order valence-corrected chi connectivity index (χ4v) is 3.72. The zero-order valence-corrected chi connectivity index (χ0v) is 14.0. The highest BCUT2D eigenvalue weighted by molar-refractivity contribution is 7.20. The molecule has 0 aliphatic rings. The first-order valence-electron chi connectivity index (χ1n) is 6.89. The lowest BCUT2D eigenvalue weighted by atomic mass is 10.3. The molecule has 0 fully saturated rings. The number of likely N-dealkylation sites (N-methyl/N-ethyl adjacent to an activating group) is 1. The van der Waals surface area contributed by atoms with Gasteiger partial charge >= 0.3 is 0 Å². The molecule has 3 aromatic rings. The minimum atomic E-state index is 0.0390. The van der Waals surface area contributed by atoms with E-state index in [-0.39, 0.29) is 5.91 Å². The van der Waals surface area contributed by atoms with Crippen LogP contribution in [0.4, 0.5) is 0 Å². The predicted octanol–water partition coefficient (Wildman–Crippen LogP) is 3.97. The number of carbonyl (C=O) groups excluding carboxylic acids is 1. The summed E-state index contributed by atoms with van der Waals surface area (Å²) in [5.74, 6) is 1.69. The Kier molecular flexibility index (Phi) is 4.40. The highest BCUT2D eigenvalue weighted by Gasteiger charge is 2.14. The second-order valence-electron chi connectivity index (χ2n) is 5.06. The average molecular weight is 332 g/mol. The van der Waals surface area contributed by atoms with E-state index in [2.05, 4.69) is 4.98 Å². The molecule has 4 nitrogen and oxygen atoms in total. The minimum Gasteiger partial charge on any atom is -0.464 e. The molecule has 1 amide bonds. The van der Waals surface area contributed by atoms with Gasteiger partial charge in [-0.3, -0.25) is 4.79 Å². The van der Waals surface area contributed by atoms with E-state index in [9.17, 15) is 4.79 Å². The maximum Gasteiger partial charge on any atom is 0.228 e. The molecule has 0 N–H and O–H groups in total. The van der Waals surface area contributed by atoms with Gasteiger partial charge < -0.3 is 9.32 Å². The van der Waals surface area contributed by atoms with Crippen LogP contribution >= 0.6 is 22.7 Å². The van der Waals surface area contributed by atoms with Crippen molar-refractivity contribution in [2.45, 2.75) is 19.9 Å². The van der Waals surface area contributed by atoms with Crippen molar-refractivity contribution in [2.24, 2.45) is 0 Å². The van der Waals surface area contributed by atoms with Crippen molar-refractivity contribution in [3.8, 4) is 9.88 Å². The predicted molar refractivity (Wildman–Crippen MR) is 89.1 cm³/mol. The number of amides is 1. The molecule has 0 atom stereocenters. The summed E-state index contributed by atoms with van der Waals surface area (Å²) in [6, 6.07) is 7.85. The average Bonchev–Trinajstić information content (AvgIpc) is 3.20. The first-order valence-corrected chi connectivity index (χ1v) is 8.65. The second kappa shape index (κ2) is 6.46. The molecule has 3 rings (SSSR count). The summed E-state index contributed by atoms with van der Waals surface area (Å²) in [6.07, 6.45) is 0.318. The third kappa shape index (κ3) is 3.45. The molecule has 0 aliphatic carbocycles. The van der Waals surface area contributed by atoms with Crippen LogP contribution in [0.5, 0.6) is 0 Å². The Morgan fingerprint density at radius 2 is 2.18 bits per heavy atom. The molecule has 114 valence electrons. The van der Waals surface area contributed by atoms with Crippen molar-refractivity contribution in [1.29, 1.82) is 0 Å². The van der Waals surface area contributed by atoms with Gasteiger partial charge in [-0.15, -0.1) is 22.7 Å². The van der Waals surface area contributed by atoms with Crippen molar-refractivity contribution in [2.75, 3.05) is 7.05 Å². The highest BCUT2D eigenvalue weighted by Crippen LogP contribution is 2.28. The zero-order chi connectivity index (χ0) is 15.5. The van der Waals surface area contributed by atoms with Crippen molar-refractivity contribution < 1.29 is 9.21 Å². The maximum absolute atomic E-state index is 12.3. The number of hydrogen-bond donors (Lipinski definition) is 0. The minimum absolute atomic E-state index is 0.0390. The Morgan fingerprint density at radius 3 is 2.86 bits per heavy atom. The van der Waals surface area contributed by atoms with Crippen LogP contribution < -0.4 is 0 Å². The number of nitrogens with zero attached hydrogens (tertiary/aromatic N) is 2. The third-order valence-electron chi connectivity index (χ3n) is 3.23. The number of thiazole rings is 1. The Hall–Kier alpha value is -1.92. The van der Waals surface area contributed by atoms with Gasteiger partial charge in [-0.2, -0.15) is 0 Å². The van der Waals surface area contributed by atoms with E-state index in [1.807, 2.05) is 41.9 Å². The monoisotopic (exact) mass is 332 g/mol. The molecule has 0 aliphatic heterocycles. The molecule has 6 heteroatoms. The van der Waals surface area contributed by atoms with Gasteiger partial charge in [0.05, 0.1) is 23.5 Å². The molecule has 22 heavy (non-hydrogen) atoms. The Labute approximate surface area is 137 Å². The molecular formula is C16H16N2O2S2. The van der Waals surface area contributed by atoms with Crippen LogP contribution in [-0.2, 0) is 17.8 Å². The molecule has 0 aromatic carbocycles. The Morgan fingerprint density at radius 1 is 1.32 bits per heavy atom. The topological polar surface area (TPSA) is 46.3 Å².